The van der Waals surface area contributed by atoms with Gasteiger partial charge in [0.25, 0.3) is 10.0 Å². The SMILES string of the molecule is O=C(O)C1CCCCN1S(=O)(=O)c1cnc[nH]1. The maximum Gasteiger partial charge on any atom is 0.322 e. The molecule has 7 nitrogen and oxygen atoms in total. The van der Waals surface area contributed by atoms with E-state index in [0.29, 0.717) is 12.8 Å². The second kappa shape index (κ2) is 4.46. The van der Waals surface area contributed by atoms with Crippen LogP contribution in [0.2, 0.25) is 0 Å². The third kappa shape index (κ3) is 2.18. The van der Waals surface area contributed by atoms with E-state index >= 15 is 0 Å². The van der Waals surface area contributed by atoms with Gasteiger partial charge < -0.3 is 10.1 Å². The van der Waals surface area contributed by atoms with Gasteiger partial charge >= 0.3 is 5.97 Å². The Morgan fingerprint density at radius 3 is 2.88 bits per heavy atom. The van der Waals surface area contributed by atoms with Gasteiger partial charge in [0.05, 0.1) is 12.5 Å². The van der Waals surface area contributed by atoms with Gasteiger partial charge in [-0.25, -0.2) is 13.4 Å². The van der Waals surface area contributed by atoms with Crippen LogP contribution in [-0.4, -0.2) is 46.4 Å². The zero-order valence-corrected chi connectivity index (χ0v) is 9.85. The second-order valence-electron chi connectivity index (χ2n) is 3.88. The molecule has 8 heteroatoms. The van der Waals surface area contributed by atoms with E-state index in [-0.39, 0.29) is 11.6 Å². The number of carboxylic acid groups (broad SMARTS) is 1. The maximum atomic E-state index is 12.2. The van der Waals surface area contributed by atoms with Crippen molar-refractivity contribution in [3.05, 3.63) is 12.5 Å². The van der Waals surface area contributed by atoms with Gasteiger partial charge in [-0.3, -0.25) is 4.79 Å². The standard InChI is InChI=1S/C9H13N3O4S/c13-9(14)7-3-1-2-4-12(7)17(15,16)8-5-10-6-11-8/h5-7H,1-4H2,(H,10,11)(H,13,14). The number of nitrogens with zero attached hydrogens (tertiary/aromatic N) is 2. The maximum absolute atomic E-state index is 12.2. The average molecular weight is 259 g/mol. The smallest absolute Gasteiger partial charge is 0.322 e. The van der Waals surface area contributed by atoms with Crippen molar-refractivity contribution in [2.45, 2.75) is 30.3 Å². The summed E-state index contributed by atoms with van der Waals surface area (Å²) in [6, 6.07) is -0.975. The molecular weight excluding hydrogens is 246 g/mol. The van der Waals surface area contributed by atoms with Crippen LogP contribution in [-0.2, 0) is 14.8 Å². The highest BCUT2D eigenvalue weighted by molar-refractivity contribution is 7.89. The van der Waals surface area contributed by atoms with Crippen LogP contribution in [0.1, 0.15) is 19.3 Å². The lowest BCUT2D eigenvalue weighted by molar-refractivity contribution is -0.142. The number of H-pyrrole nitrogens is 1. The van der Waals surface area contributed by atoms with Gasteiger partial charge in [-0.1, -0.05) is 0 Å². The number of carbonyl (C=O) groups is 1. The van der Waals surface area contributed by atoms with E-state index in [1.165, 1.54) is 12.5 Å². The van der Waals surface area contributed by atoms with Crippen molar-refractivity contribution < 1.29 is 18.3 Å². The van der Waals surface area contributed by atoms with E-state index < -0.39 is 22.0 Å². The molecule has 1 atom stereocenters. The summed E-state index contributed by atoms with van der Waals surface area (Å²) < 4.78 is 25.3. The summed E-state index contributed by atoms with van der Waals surface area (Å²) in [6.45, 7) is 0.234. The van der Waals surface area contributed by atoms with Crippen molar-refractivity contribution in [1.82, 2.24) is 14.3 Å². The first-order valence-corrected chi connectivity index (χ1v) is 6.70. The first-order chi connectivity index (χ1) is 8.03. The lowest BCUT2D eigenvalue weighted by Gasteiger charge is -2.31. The van der Waals surface area contributed by atoms with Crippen LogP contribution >= 0.6 is 0 Å². The monoisotopic (exact) mass is 259 g/mol. The van der Waals surface area contributed by atoms with Crippen LogP contribution < -0.4 is 0 Å². The van der Waals surface area contributed by atoms with Crippen molar-refractivity contribution in [2.75, 3.05) is 6.54 Å². The molecule has 2 rings (SSSR count). The van der Waals surface area contributed by atoms with Gasteiger partial charge in [0.15, 0.2) is 5.03 Å². The molecule has 1 saturated heterocycles. The highest BCUT2D eigenvalue weighted by Crippen LogP contribution is 2.24. The number of aromatic nitrogens is 2. The molecule has 1 unspecified atom stereocenters. The number of aliphatic carboxylic acids is 1. The van der Waals surface area contributed by atoms with Gasteiger partial charge in [-0.2, -0.15) is 4.31 Å². The molecule has 0 bridgehead atoms. The van der Waals surface area contributed by atoms with Crippen LogP contribution in [0.4, 0.5) is 0 Å². The number of rotatable bonds is 3. The zero-order valence-electron chi connectivity index (χ0n) is 9.04. The second-order valence-corrected chi connectivity index (χ2v) is 5.74. The zero-order chi connectivity index (χ0) is 12.5. The number of piperidine rings is 1. The number of sulfonamides is 1. The molecule has 0 spiro atoms. The fraction of sp³-hybridized carbons (Fsp3) is 0.556. The lowest BCUT2D eigenvalue weighted by atomic mass is 10.1. The molecule has 1 aromatic heterocycles. The van der Waals surface area contributed by atoms with Crippen molar-refractivity contribution in [3.63, 3.8) is 0 Å². The lowest BCUT2D eigenvalue weighted by Crippen LogP contribution is -2.47. The number of aromatic amines is 1. The average Bonchev–Trinajstić information content (AvgIpc) is 2.83. The minimum absolute atomic E-state index is 0.0642. The Hall–Kier alpha value is -1.41. The molecule has 1 aliphatic rings. The van der Waals surface area contributed by atoms with Crippen molar-refractivity contribution in [1.29, 1.82) is 0 Å². The summed E-state index contributed by atoms with van der Waals surface area (Å²) in [5.41, 5.74) is 0. The van der Waals surface area contributed by atoms with E-state index in [2.05, 4.69) is 9.97 Å². The highest BCUT2D eigenvalue weighted by atomic mass is 32.2. The first kappa shape index (κ1) is 12.1. The summed E-state index contributed by atoms with van der Waals surface area (Å²) in [5.74, 6) is -1.10. The van der Waals surface area contributed by atoms with Crippen LogP contribution in [0, 0.1) is 0 Å². The quantitative estimate of drug-likeness (QED) is 0.797. The number of imidazole rings is 1. The normalized spacial score (nSPS) is 22.5. The molecule has 0 aromatic carbocycles. The highest BCUT2D eigenvalue weighted by Gasteiger charge is 2.38. The minimum Gasteiger partial charge on any atom is -0.480 e. The third-order valence-corrected chi connectivity index (χ3v) is 4.63. The van der Waals surface area contributed by atoms with Crippen molar-refractivity contribution in [3.8, 4) is 0 Å². The van der Waals surface area contributed by atoms with Gasteiger partial charge in [-0.05, 0) is 19.3 Å². The summed E-state index contributed by atoms with van der Waals surface area (Å²) in [7, 11) is -3.78. The molecule has 0 aliphatic carbocycles. The molecule has 94 valence electrons. The fourth-order valence-electron chi connectivity index (χ4n) is 1.95. The molecular formula is C9H13N3O4S. The molecule has 2 N–H and O–H groups in total. The molecule has 1 aliphatic heterocycles. The van der Waals surface area contributed by atoms with E-state index in [9.17, 15) is 13.2 Å². The van der Waals surface area contributed by atoms with Gasteiger partial charge in [-0.15, -0.1) is 0 Å². The predicted octanol–water partition coefficient (Wildman–Crippen LogP) is 0.0375. The van der Waals surface area contributed by atoms with E-state index in [1.807, 2.05) is 0 Å². The number of nitrogens with one attached hydrogen (secondary N) is 1. The molecule has 1 aromatic rings. The van der Waals surface area contributed by atoms with Crippen LogP contribution in [0.25, 0.3) is 0 Å². The Kier molecular flexibility index (Phi) is 3.16. The summed E-state index contributed by atoms with van der Waals surface area (Å²) >= 11 is 0. The summed E-state index contributed by atoms with van der Waals surface area (Å²) in [6.07, 6.45) is 4.20. The number of hydrogen-bond acceptors (Lipinski definition) is 4. The van der Waals surface area contributed by atoms with Crippen LogP contribution in [0.3, 0.4) is 0 Å². The Morgan fingerprint density at radius 2 is 2.29 bits per heavy atom. The largest absolute Gasteiger partial charge is 0.480 e. The molecule has 17 heavy (non-hydrogen) atoms. The van der Waals surface area contributed by atoms with E-state index in [0.717, 1.165) is 10.7 Å². The van der Waals surface area contributed by atoms with E-state index in [4.69, 9.17) is 5.11 Å². The first-order valence-electron chi connectivity index (χ1n) is 5.26. The topological polar surface area (TPSA) is 103 Å². The summed E-state index contributed by atoms with van der Waals surface area (Å²) in [5, 5.41) is 8.97. The van der Waals surface area contributed by atoms with Crippen LogP contribution in [0.15, 0.2) is 17.6 Å². The molecule has 0 radical (unpaired) electrons. The molecule has 1 fully saturated rings. The Morgan fingerprint density at radius 1 is 1.53 bits per heavy atom. The molecule has 0 amide bonds. The fourth-order valence-corrected chi connectivity index (χ4v) is 3.50. The van der Waals surface area contributed by atoms with Crippen LogP contribution in [0.5, 0.6) is 0 Å². The Balaban J connectivity index is 2.34. The Bertz CT molecular complexity index is 496. The van der Waals surface area contributed by atoms with Gasteiger partial charge in [0.2, 0.25) is 0 Å². The van der Waals surface area contributed by atoms with E-state index in [1.54, 1.807) is 0 Å². The van der Waals surface area contributed by atoms with Gasteiger partial charge in [0, 0.05) is 6.54 Å². The van der Waals surface area contributed by atoms with Crippen molar-refractivity contribution in [2.24, 2.45) is 0 Å². The molecule has 0 saturated carbocycles. The predicted molar refractivity (Wildman–Crippen MR) is 57.8 cm³/mol. The number of carboxylic acids is 1. The van der Waals surface area contributed by atoms with Gasteiger partial charge in [0.1, 0.15) is 6.04 Å². The van der Waals surface area contributed by atoms with Crippen molar-refractivity contribution >= 4 is 16.0 Å². The summed E-state index contributed by atoms with van der Waals surface area (Å²) in [4.78, 5) is 17.2. The molecule has 2 heterocycles. The number of hydrogen-bond donors (Lipinski definition) is 2. The minimum atomic E-state index is -3.78. The Labute approximate surface area is 98.5 Å². The third-order valence-electron chi connectivity index (χ3n) is 2.80.